The highest BCUT2D eigenvalue weighted by atomic mass is 19.1. The van der Waals surface area contributed by atoms with E-state index in [1.807, 2.05) is 0 Å². The Hall–Kier alpha value is -1.90. The minimum Gasteiger partial charge on any atom is -0.388 e. The molecule has 3 N–H and O–H groups in total. The quantitative estimate of drug-likeness (QED) is 0.743. The molecule has 1 saturated heterocycles. The van der Waals surface area contributed by atoms with E-state index in [2.05, 4.69) is 11.8 Å². The van der Waals surface area contributed by atoms with E-state index in [1.54, 1.807) is 6.92 Å². The number of halogens is 1. The van der Waals surface area contributed by atoms with E-state index in [1.165, 1.54) is 23.1 Å². The summed E-state index contributed by atoms with van der Waals surface area (Å²) in [5, 5.41) is 9.91. The van der Waals surface area contributed by atoms with E-state index in [4.69, 9.17) is 5.73 Å². The molecule has 0 aromatic heterocycles. The van der Waals surface area contributed by atoms with Crippen molar-refractivity contribution in [1.29, 1.82) is 0 Å². The number of hydrogen-bond acceptors (Lipinski definition) is 3. The van der Waals surface area contributed by atoms with Gasteiger partial charge in [0.15, 0.2) is 0 Å². The SMILES string of the molecule is CC1(O)CCN(C(=O)c2cc(F)ccc2C#CCN)C1. The molecule has 20 heavy (non-hydrogen) atoms. The van der Waals surface area contributed by atoms with E-state index < -0.39 is 11.4 Å². The molecule has 1 aromatic carbocycles. The van der Waals surface area contributed by atoms with Crippen molar-refractivity contribution in [3.8, 4) is 11.8 Å². The summed E-state index contributed by atoms with van der Waals surface area (Å²) < 4.78 is 13.4. The van der Waals surface area contributed by atoms with Crippen LogP contribution in [0.3, 0.4) is 0 Å². The number of likely N-dealkylation sites (tertiary alicyclic amines) is 1. The first-order chi connectivity index (χ1) is 9.43. The largest absolute Gasteiger partial charge is 0.388 e. The Morgan fingerprint density at radius 1 is 1.60 bits per heavy atom. The lowest BCUT2D eigenvalue weighted by atomic mass is 10.1. The molecule has 0 radical (unpaired) electrons. The molecular weight excluding hydrogens is 259 g/mol. The van der Waals surface area contributed by atoms with Crippen LogP contribution in [0.4, 0.5) is 4.39 Å². The van der Waals surface area contributed by atoms with Crippen molar-refractivity contribution in [1.82, 2.24) is 4.90 Å². The highest BCUT2D eigenvalue weighted by Gasteiger charge is 2.34. The molecule has 1 amide bonds. The van der Waals surface area contributed by atoms with Crippen LogP contribution >= 0.6 is 0 Å². The lowest BCUT2D eigenvalue weighted by Gasteiger charge is -2.19. The number of rotatable bonds is 1. The molecule has 1 atom stereocenters. The standard InChI is InChI=1S/C15H17FN2O2/c1-15(20)6-8-18(10-15)14(19)13-9-12(16)5-4-11(13)3-2-7-17/h4-5,9,20H,6-8,10,17H2,1H3. The van der Waals surface area contributed by atoms with Crippen molar-refractivity contribution in [3.63, 3.8) is 0 Å². The van der Waals surface area contributed by atoms with E-state index in [-0.39, 0.29) is 24.6 Å². The van der Waals surface area contributed by atoms with Gasteiger partial charge in [-0.25, -0.2) is 4.39 Å². The number of aliphatic hydroxyl groups is 1. The molecule has 1 aromatic rings. The second-order valence-corrected chi connectivity index (χ2v) is 5.17. The maximum absolute atomic E-state index is 13.4. The van der Waals surface area contributed by atoms with Gasteiger partial charge in [-0.3, -0.25) is 4.79 Å². The normalized spacial score (nSPS) is 21.5. The first kappa shape index (κ1) is 14.5. The Labute approximate surface area is 117 Å². The van der Waals surface area contributed by atoms with Crippen molar-refractivity contribution in [3.05, 3.63) is 35.1 Å². The molecule has 1 fully saturated rings. The molecule has 0 spiro atoms. The molecule has 2 rings (SSSR count). The lowest BCUT2D eigenvalue weighted by molar-refractivity contribution is 0.0572. The zero-order valence-corrected chi connectivity index (χ0v) is 11.3. The summed E-state index contributed by atoms with van der Waals surface area (Å²) in [6.07, 6.45) is 0.512. The van der Waals surface area contributed by atoms with Crippen molar-refractivity contribution in [2.24, 2.45) is 5.73 Å². The van der Waals surface area contributed by atoms with Gasteiger partial charge in [0.05, 0.1) is 17.7 Å². The Kier molecular flexibility index (Phi) is 4.07. The summed E-state index contributed by atoms with van der Waals surface area (Å²) in [5.74, 6) is 4.63. The number of β-amino-alcohol motifs (C(OH)–C–C–N with tert-alkyl or cyclic N) is 1. The third-order valence-corrected chi connectivity index (χ3v) is 3.28. The van der Waals surface area contributed by atoms with Gasteiger partial charge in [0.25, 0.3) is 5.91 Å². The number of carbonyl (C=O) groups is 1. The van der Waals surface area contributed by atoms with Crippen LogP contribution in [0.5, 0.6) is 0 Å². The average Bonchev–Trinajstić information content (AvgIpc) is 2.77. The minimum atomic E-state index is -0.883. The smallest absolute Gasteiger partial charge is 0.255 e. The Bertz CT molecular complexity index is 587. The molecule has 0 saturated carbocycles. The molecule has 5 heteroatoms. The number of amides is 1. The van der Waals surface area contributed by atoms with Gasteiger partial charge < -0.3 is 15.7 Å². The molecule has 4 nitrogen and oxygen atoms in total. The summed E-state index contributed by atoms with van der Waals surface area (Å²) in [6.45, 7) is 2.54. The summed E-state index contributed by atoms with van der Waals surface area (Å²) in [6, 6.07) is 3.91. The molecule has 1 aliphatic heterocycles. The van der Waals surface area contributed by atoms with E-state index in [0.717, 1.165) is 0 Å². The van der Waals surface area contributed by atoms with Gasteiger partial charge in [-0.15, -0.1) is 0 Å². The number of carbonyl (C=O) groups excluding carboxylic acids is 1. The van der Waals surface area contributed by atoms with Gasteiger partial charge in [-0.2, -0.15) is 0 Å². The second-order valence-electron chi connectivity index (χ2n) is 5.17. The average molecular weight is 276 g/mol. The van der Waals surface area contributed by atoms with Gasteiger partial charge in [0.1, 0.15) is 5.82 Å². The minimum absolute atomic E-state index is 0.170. The first-order valence-electron chi connectivity index (χ1n) is 6.43. The maximum Gasteiger partial charge on any atom is 0.255 e. The Morgan fingerprint density at radius 3 is 2.95 bits per heavy atom. The molecule has 0 bridgehead atoms. The van der Waals surface area contributed by atoms with E-state index in [0.29, 0.717) is 18.5 Å². The fourth-order valence-corrected chi connectivity index (χ4v) is 2.24. The molecule has 0 aliphatic carbocycles. The third kappa shape index (κ3) is 3.16. The summed E-state index contributed by atoms with van der Waals surface area (Å²) in [5.41, 5.74) is 5.10. The predicted molar refractivity (Wildman–Crippen MR) is 73.5 cm³/mol. The van der Waals surface area contributed by atoms with Gasteiger partial charge in [-0.1, -0.05) is 11.8 Å². The van der Waals surface area contributed by atoms with Crippen molar-refractivity contribution < 1.29 is 14.3 Å². The molecule has 1 heterocycles. The fourth-order valence-electron chi connectivity index (χ4n) is 2.24. The Morgan fingerprint density at radius 2 is 2.35 bits per heavy atom. The van der Waals surface area contributed by atoms with E-state index in [9.17, 15) is 14.3 Å². The fraction of sp³-hybridized carbons (Fsp3) is 0.400. The summed E-state index contributed by atoms with van der Waals surface area (Å²) in [4.78, 5) is 13.9. The second kappa shape index (κ2) is 5.61. The lowest BCUT2D eigenvalue weighted by Crippen LogP contribution is -2.34. The van der Waals surface area contributed by atoms with Gasteiger partial charge in [0.2, 0.25) is 0 Å². The van der Waals surface area contributed by atoms with Crippen molar-refractivity contribution >= 4 is 5.91 Å². The molecule has 1 unspecified atom stereocenters. The van der Waals surface area contributed by atoms with Gasteiger partial charge >= 0.3 is 0 Å². The molecule has 1 aliphatic rings. The van der Waals surface area contributed by atoms with Crippen LogP contribution in [0.1, 0.15) is 29.3 Å². The van der Waals surface area contributed by atoms with Crippen LogP contribution in [-0.2, 0) is 0 Å². The van der Waals surface area contributed by atoms with Crippen LogP contribution < -0.4 is 5.73 Å². The third-order valence-electron chi connectivity index (χ3n) is 3.28. The zero-order valence-electron chi connectivity index (χ0n) is 11.3. The van der Waals surface area contributed by atoms with Gasteiger partial charge in [-0.05, 0) is 31.5 Å². The predicted octanol–water partition coefficient (Wildman–Crippen LogP) is 0.733. The maximum atomic E-state index is 13.4. The summed E-state index contributed by atoms with van der Waals surface area (Å²) >= 11 is 0. The van der Waals surface area contributed by atoms with Gasteiger partial charge in [0, 0.05) is 18.7 Å². The van der Waals surface area contributed by atoms with Crippen molar-refractivity contribution in [2.45, 2.75) is 18.9 Å². The van der Waals surface area contributed by atoms with Crippen LogP contribution in [-0.4, -0.2) is 41.1 Å². The Balaban J connectivity index is 2.31. The number of nitrogens with zero attached hydrogens (tertiary/aromatic N) is 1. The highest BCUT2D eigenvalue weighted by molar-refractivity contribution is 5.97. The highest BCUT2D eigenvalue weighted by Crippen LogP contribution is 2.23. The van der Waals surface area contributed by atoms with Crippen molar-refractivity contribution in [2.75, 3.05) is 19.6 Å². The number of benzene rings is 1. The summed E-state index contributed by atoms with van der Waals surface area (Å²) in [7, 11) is 0. The number of nitrogens with two attached hydrogens (primary N) is 1. The van der Waals surface area contributed by atoms with Crippen LogP contribution in [0.2, 0.25) is 0 Å². The van der Waals surface area contributed by atoms with Crippen LogP contribution in [0.15, 0.2) is 18.2 Å². The zero-order chi connectivity index (χ0) is 14.8. The number of hydrogen-bond donors (Lipinski definition) is 2. The van der Waals surface area contributed by atoms with Crippen LogP contribution in [0, 0.1) is 17.7 Å². The molecular formula is C15H17FN2O2. The monoisotopic (exact) mass is 276 g/mol. The van der Waals surface area contributed by atoms with Crippen LogP contribution in [0.25, 0.3) is 0 Å². The molecule has 106 valence electrons. The topological polar surface area (TPSA) is 66.6 Å². The first-order valence-corrected chi connectivity index (χ1v) is 6.43. The van der Waals surface area contributed by atoms with E-state index >= 15 is 0 Å².